The summed E-state index contributed by atoms with van der Waals surface area (Å²) in [5, 5.41) is 16.2. The zero-order chi connectivity index (χ0) is 11.6. The van der Waals surface area contributed by atoms with Crippen LogP contribution in [0.25, 0.3) is 0 Å². The van der Waals surface area contributed by atoms with Gasteiger partial charge in [-0.05, 0) is 19.8 Å². The molecule has 1 fully saturated rings. The minimum atomic E-state index is -3.83. The normalized spacial score (nSPS) is 25.3. The topological polar surface area (TPSA) is 94.9 Å². The molecule has 1 saturated heterocycles. The monoisotopic (exact) mass is 237 g/mol. The molecule has 2 N–H and O–H groups in total. The van der Waals surface area contributed by atoms with Crippen LogP contribution in [0.3, 0.4) is 0 Å². The predicted octanol–water partition coefficient (Wildman–Crippen LogP) is -0.754. The number of sulfonamides is 1. The minimum absolute atomic E-state index is 0.258. The smallest absolute Gasteiger partial charge is 0.323 e. The summed E-state index contributed by atoms with van der Waals surface area (Å²) in [5.41, 5.74) is 0. The average Bonchev–Trinajstić information content (AvgIpc) is 2.64. The lowest BCUT2D eigenvalue weighted by molar-refractivity contribution is -0.136. The van der Waals surface area contributed by atoms with E-state index in [0.717, 1.165) is 11.2 Å². The van der Waals surface area contributed by atoms with Gasteiger partial charge in [0.1, 0.15) is 0 Å². The van der Waals surface area contributed by atoms with Crippen LogP contribution in [0.2, 0.25) is 0 Å². The van der Waals surface area contributed by atoms with E-state index < -0.39 is 27.3 Å². The number of hydrogen-bond donors (Lipinski definition) is 2. The number of aliphatic hydroxyl groups is 1. The molecule has 0 amide bonds. The van der Waals surface area contributed by atoms with Gasteiger partial charge in [0.05, 0.1) is 6.61 Å². The fourth-order valence-corrected chi connectivity index (χ4v) is 3.29. The molecule has 0 aromatic heterocycles. The Hall–Kier alpha value is -0.660. The van der Waals surface area contributed by atoms with Crippen LogP contribution in [0.5, 0.6) is 0 Å². The summed E-state index contributed by atoms with van der Waals surface area (Å²) < 4.78 is 24.7. The molecule has 0 radical (unpaired) electrons. The Balaban J connectivity index is 2.90. The average molecular weight is 237 g/mol. The molecule has 0 spiro atoms. The van der Waals surface area contributed by atoms with Gasteiger partial charge in [-0.25, -0.2) is 8.42 Å². The maximum absolute atomic E-state index is 11.8. The number of rotatable bonds is 4. The highest BCUT2D eigenvalue weighted by atomic mass is 32.2. The fourth-order valence-electron chi connectivity index (χ4n) is 1.66. The number of carboxylic acid groups (broad SMARTS) is 1. The Labute approximate surface area is 88.6 Å². The number of carbonyl (C=O) groups is 1. The van der Waals surface area contributed by atoms with Crippen LogP contribution < -0.4 is 0 Å². The SMILES string of the molecule is CC(C(=O)O)S(=O)(=O)N1CCCC1CO. The maximum atomic E-state index is 11.8. The lowest BCUT2D eigenvalue weighted by Gasteiger charge is -2.24. The van der Waals surface area contributed by atoms with Crippen molar-refractivity contribution < 1.29 is 23.4 Å². The zero-order valence-electron chi connectivity index (χ0n) is 8.46. The zero-order valence-corrected chi connectivity index (χ0v) is 9.27. The van der Waals surface area contributed by atoms with E-state index in [2.05, 4.69) is 0 Å². The molecule has 6 nitrogen and oxygen atoms in total. The number of aliphatic carboxylic acids is 1. The Morgan fingerprint density at radius 3 is 2.67 bits per heavy atom. The van der Waals surface area contributed by atoms with Crippen LogP contribution in [-0.4, -0.2) is 53.3 Å². The van der Waals surface area contributed by atoms with Gasteiger partial charge in [-0.2, -0.15) is 4.31 Å². The minimum Gasteiger partial charge on any atom is -0.480 e. The number of aliphatic hydroxyl groups excluding tert-OH is 1. The third kappa shape index (κ3) is 2.30. The summed E-state index contributed by atoms with van der Waals surface area (Å²) in [5.74, 6) is -1.36. The van der Waals surface area contributed by atoms with Crippen LogP contribution in [0.4, 0.5) is 0 Å². The van der Waals surface area contributed by atoms with Gasteiger partial charge >= 0.3 is 5.97 Å². The summed E-state index contributed by atoms with van der Waals surface area (Å²) in [6, 6.07) is -0.461. The van der Waals surface area contributed by atoms with E-state index in [4.69, 9.17) is 10.2 Å². The molecule has 0 saturated carbocycles. The Morgan fingerprint density at radius 2 is 2.20 bits per heavy atom. The molecule has 0 aromatic carbocycles. The van der Waals surface area contributed by atoms with Gasteiger partial charge in [0, 0.05) is 12.6 Å². The first-order valence-electron chi connectivity index (χ1n) is 4.75. The van der Waals surface area contributed by atoms with Crippen molar-refractivity contribution in [2.24, 2.45) is 0 Å². The van der Waals surface area contributed by atoms with Crippen molar-refractivity contribution in [1.29, 1.82) is 0 Å². The summed E-state index contributed by atoms with van der Waals surface area (Å²) in [4.78, 5) is 10.6. The molecule has 1 rings (SSSR count). The third-order valence-electron chi connectivity index (χ3n) is 2.66. The lowest BCUT2D eigenvalue weighted by Crippen LogP contribution is -2.44. The molecule has 7 heteroatoms. The van der Waals surface area contributed by atoms with E-state index in [1.807, 2.05) is 0 Å². The van der Waals surface area contributed by atoms with E-state index >= 15 is 0 Å². The van der Waals surface area contributed by atoms with Crippen LogP contribution in [-0.2, 0) is 14.8 Å². The Bertz CT molecular complexity index is 339. The third-order valence-corrected chi connectivity index (χ3v) is 4.88. The van der Waals surface area contributed by atoms with Gasteiger partial charge in [0.2, 0.25) is 10.0 Å². The quantitative estimate of drug-likeness (QED) is 0.670. The molecular weight excluding hydrogens is 222 g/mol. The molecule has 0 aliphatic carbocycles. The highest BCUT2D eigenvalue weighted by molar-refractivity contribution is 7.90. The molecule has 2 atom stereocenters. The van der Waals surface area contributed by atoms with Gasteiger partial charge < -0.3 is 10.2 Å². The molecule has 15 heavy (non-hydrogen) atoms. The highest BCUT2D eigenvalue weighted by Crippen LogP contribution is 2.23. The van der Waals surface area contributed by atoms with Crippen molar-refractivity contribution in [3.63, 3.8) is 0 Å². The summed E-state index contributed by atoms with van der Waals surface area (Å²) in [6.45, 7) is 1.18. The summed E-state index contributed by atoms with van der Waals surface area (Å²) >= 11 is 0. The van der Waals surface area contributed by atoms with Crippen molar-refractivity contribution in [2.75, 3.05) is 13.2 Å². The molecule has 2 unspecified atom stereocenters. The van der Waals surface area contributed by atoms with Gasteiger partial charge in [-0.15, -0.1) is 0 Å². The molecule has 1 aliphatic heterocycles. The Morgan fingerprint density at radius 1 is 1.60 bits per heavy atom. The van der Waals surface area contributed by atoms with Crippen molar-refractivity contribution in [1.82, 2.24) is 4.31 Å². The van der Waals surface area contributed by atoms with E-state index in [1.54, 1.807) is 0 Å². The molecule has 88 valence electrons. The van der Waals surface area contributed by atoms with Gasteiger partial charge in [-0.3, -0.25) is 4.79 Å². The second kappa shape index (κ2) is 4.46. The first kappa shape index (κ1) is 12.4. The molecule has 0 aromatic rings. The second-order valence-corrected chi connectivity index (χ2v) is 5.82. The van der Waals surface area contributed by atoms with Crippen molar-refractivity contribution in [2.45, 2.75) is 31.1 Å². The summed E-state index contributed by atoms with van der Waals surface area (Å²) in [7, 11) is -3.83. The van der Waals surface area contributed by atoms with E-state index in [9.17, 15) is 13.2 Å². The molecule has 1 aliphatic rings. The second-order valence-electron chi connectivity index (χ2n) is 3.61. The van der Waals surface area contributed by atoms with Crippen LogP contribution in [0, 0.1) is 0 Å². The van der Waals surface area contributed by atoms with E-state index in [0.29, 0.717) is 19.4 Å². The predicted molar refractivity (Wildman–Crippen MR) is 52.8 cm³/mol. The van der Waals surface area contributed by atoms with Crippen LogP contribution in [0.15, 0.2) is 0 Å². The largest absolute Gasteiger partial charge is 0.480 e. The van der Waals surface area contributed by atoms with Crippen LogP contribution >= 0.6 is 0 Å². The first-order chi connectivity index (χ1) is 6.91. The molecule has 1 heterocycles. The van der Waals surface area contributed by atoms with E-state index in [1.165, 1.54) is 0 Å². The highest BCUT2D eigenvalue weighted by Gasteiger charge is 2.39. The van der Waals surface area contributed by atoms with Gasteiger partial charge in [-0.1, -0.05) is 0 Å². The lowest BCUT2D eigenvalue weighted by atomic mass is 10.2. The van der Waals surface area contributed by atoms with E-state index in [-0.39, 0.29) is 6.61 Å². The number of nitrogens with zero attached hydrogens (tertiary/aromatic N) is 1. The van der Waals surface area contributed by atoms with Gasteiger partial charge in [0.25, 0.3) is 0 Å². The van der Waals surface area contributed by atoms with Crippen molar-refractivity contribution in [3.8, 4) is 0 Å². The number of carboxylic acids is 1. The van der Waals surface area contributed by atoms with Crippen molar-refractivity contribution in [3.05, 3.63) is 0 Å². The molecular formula is C8H15NO5S. The fraction of sp³-hybridized carbons (Fsp3) is 0.875. The first-order valence-corrected chi connectivity index (χ1v) is 6.26. The Kier molecular flexibility index (Phi) is 3.69. The number of hydrogen-bond acceptors (Lipinski definition) is 4. The van der Waals surface area contributed by atoms with Crippen LogP contribution in [0.1, 0.15) is 19.8 Å². The van der Waals surface area contributed by atoms with Gasteiger partial charge in [0.15, 0.2) is 5.25 Å². The maximum Gasteiger partial charge on any atom is 0.323 e. The summed E-state index contributed by atoms with van der Waals surface area (Å²) in [6.07, 6.45) is 1.25. The molecule has 0 bridgehead atoms. The standard InChI is InChI=1S/C8H15NO5S/c1-6(8(11)12)15(13,14)9-4-2-3-7(9)5-10/h6-7,10H,2-5H2,1H3,(H,11,12). The van der Waals surface area contributed by atoms with Crippen molar-refractivity contribution >= 4 is 16.0 Å².